The number of likely N-dealkylation sites (tertiary alicyclic amines) is 1. The SMILES string of the molecule is O=C(N[C@@H]1CCN(CC2CCCC2)C1)[C@@H]1CC(=O)N(c2ccccn2)C1. The third-order valence-corrected chi connectivity index (χ3v) is 6.03. The van der Waals surface area contributed by atoms with Crippen LogP contribution in [0.3, 0.4) is 0 Å². The summed E-state index contributed by atoms with van der Waals surface area (Å²) in [6.45, 7) is 3.64. The molecule has 0 spiro atoms. The van der Waals surface area contributed by atoms with Gasteiger partial charge < -0.3 is 10.2 Å². The first-order chi connectivity index (χ1) is 12.7. The van der Waals surface area contributed by atoms with Gasteiger partial charge in [0, 0.05) is 44.8 Å². The number of hydrogen-bond acceptors (Lipinski definition) is 4. The van der Waals surface area contributed by atoms with Gasteiger partial charge in [-0.3, -0.25) is 14.5 Å². The Balaban J connectivity index is 1.27. The van der Waals surface area contributed by atoms with Gasteiger partial charge in [0.1, 0.15) is 5.82 Å². The highest BCUT2D eigenvalue weighted by atomic mass is 16.2. The summed E-state index contributed by atoms with van der Waals surface area (Å²) in [5, 5.41) is 3.19. The predicted molar refractivity (Wildman–Crippen MR) is 99.6 cm³/mol. The summed E-state index contributed by atoms with van der Waals surface area (Å²) in [6.07, 6.45) is 8.45. The zero-order valence-electron chi connectivity index (χ0n) is 15.3. The molecule has 2 amide bonds. The van der Waals surface area contributed by atoms with Crippen molar-refractivity contribution in [3.05, 3.63) is 24.4 Å². The highest BCUT2D eigenvalue weighted by Gasteiger charge is 2.37. The number of nitrogens with one attached hydrogen (secondary N) is 1. The normalized spacial score (nSPS) is 27.4. The van der Waals surface area contributed by atoms with E-state index in [0.717, 1.165) is 25.4 Å². The van der Waals surface area contributed by atoms with E-state index in [1.54, 1.807) is 11.1 Å². The first-order valence-electron chi connectivity index (χ1n) is 9.93. The molecule has 4 rings (SSSR count). The monoisotopic (exact) mass is 356 g/mol. The van der Waals surface area contributed by atoms with Crippen molar-refractivity contribution in [2.24, 2.45) is 11.8 Å². The molecule has 6 heteroatoms. The number of carbonyl (C=O) groups is 2. The van der Waals surface area contributed by atoms with Crippen LogP contribution in [0.25, 0.3) is 0 Å². The molecule has 0 bridgehead atoms. The van der Waals surface area contributed by atoms with Crippen molar-refractivity contribution < 1.29 is 9.59 Å². The van der Waals surface area contributed by atoms with Crippen LogP contribution < -0.4 is 10.2 Å². The summed E-state index contributed by atoms with van der Waals surface area (Å²) >= 11 is 0. The van der Waals surface area contributed by atoms with E-state index in [9.17, 15) is 9.59 Å². The van der Waals surface area contributed by atoms with Crippen molar-refractivity contribution in [3.63, 3.8) is 0 Å². The Hall–Kier alpha value is -1.95. The van der Waals surface area contributed by atoms with E-state index in [-0.39, 0.29) is 30.2 Å². The zero-order chi connectivity index (χ0) is 17.9. The van der Waals surface area contributed by atoms with Gasteiger partial charge in [-0.1, -0.05) is 18.9 Å². The van der Waals surface area contributed by atoms with E-state index in [1.165, 1.54) is 32.2 Å². The topological polar surface area (TPSA) is 65.5 Å². The van der Waals surface area contributed by atoms with E-state index >= 15 is 0 Å². The molecule has 0 aromatic carbocycles. The van der Waals surface area contributed by atoms with Crippen molar-refractivity contribution in [1.29, 1.82) is 0 Å². The Morgan fingerprint density at radius 3 is 2.81 bits per heavy atom. The fraction of sp³-hybridized carbons (Fsp3) is 0.650. The van der Waals surface area contributed by atoms with Gasteiger partial charge in [0.2, 0.25) is 11.8 Å². The minimum atomic E-state index is -0.270. The lowest BCUT2D eigenvalue weighted by Gasteiger charge is -2.21. The van der Waals surface area contributed by atoms with Crippen LogP contribution in [-0.4, -0.2) is 53.9 Å². The third kappa shape index (κ3) is 3.90. The number of anilines is 1. The maximum atomic E-state index is 12.6. The van der Waals surface area contributed by atoms with E-state index < -0.39 is 0 Å². The van der Waals surface area contributed by atoms with E-state index in [4.69, 9.17) is 0 Å². The van der Waals surface area contributed by atoms with Crippen LogP contribution in [0.5, 0.6) is 0 Å². The molecule has 1 N–H and O–H groups in total. The van der Waals surface area contributed by atoms with Crippen LogP contribution in [0, 0.1) is 11.8 Å². The van der Waals surface area contributed by atoms with E-state index in [2.05, 4.69) is 15.2 Å². The molecule has 3 heterocycles. The summed E-state index contributed by atoms with van der Waals surface area (Å²) in [7, 11) is 0. The third-order valence-electron chi connectivity index (χ3n) is 6.03. The summed E-state index contributed by atoms with van der Waals surface area (Å²) in [5.74, 6) is 1.22. The molecule has 2 saturated heterocycles. The molecule has 3 aliphatic rings. The fourth-order valence-electron chi connectivity index (χ4n) is 4.61. The predicted octanol–water partition coefficient (Wildman–Crippen LogP) is 1.82. The summed E-state index contributed by atoms with van der Waals surface area (Å²) < 4.78 is 0. The number of pyridine rings is 1. The van der Waals surface area contributed by atoms with E-state index in [0.29, 0.717) is 12.4 Å². The summed E-state index contributed by atoms with van der Waals surface area (Å²) in [5.41, 5.74) is 0. The Morgan fingerprint density at radius 1 is 1.19 bits per heavy atom. The molecule has 6 nitrogen and oxygen atoms in total. The molecule has 140 valence electrons. The molecule has 26 heavy (non-hydrogen) atoms. The number of carbonyl (C=O) groups excluding carboxylic acids is 2. The van der Waals surface area contributed by atoms with Gasteiger partial charge in [0.15, 0.2) is 0 Å². The molecule has 1 aliphatic carbocycles. The average molecular weight is 356 g/mol. The molecule has 1 saturated carbocycles. The molecule has 1 aromatic rings. The second-order valence-corrected chi connectivity index (χ2v) is 8.00. The van der Waals surface area contributed by atoms with Gasteiger partial charge in [0.25, 0.3) is 0 Å². The van der Waals surface area contributed by atoms with Gasteiger partial charge >= 0.3 is 0 Å². The lowest BCUT2D eigenvalue weighted by atomic mass is 10.1. The van der Waals surface area contributed by atoms with Crippen molar-refractivity contribution in [2.45, 2.75) is 44.6 Å². The highest BCUT2D eigenvalue weighted by molar-refractivity contribution is 5.99. The van der Waals surface area contributed by atoms with Crippen molar-refractivity contribution in [2.75, 3.05) is 31.1 Å². The second-order valence-electron chi connectivity index (χ2n) is 8.00. The van der Waals surface area contributed by atoms with Crippen molar-refractivity contribution >= 4 is 17.6 Å². The van der Waals surface area contributed by atoms with Crippen LogP contribution in [0.2, 0.25) is 0 Å². The maximum absolute atomic E-state index is 12.6. The minimum Gasteiger partial charge on any atom is -0.352 e. The Morgan fingerprint density at radius 2 is 2.04 bits per heavy atom. The van der Waals surface area contributed by atoms with Gasteiger partial charge in [-0.05, 0) is 37.3 Å². The summed E-state index contributed by atoms with van der Waals surface area (Å²) in [6, 6.07) is 5.73. The first kappa shape index (κ1) is 17.5. The van der Waals surface area contributed by atoms with Crippen LogP contribution in [0.15, 0.2) is 24.4 Å². The molecule has 2 atom stereocenters. The molecule has 0 unspecified atom stereocenters. The minimum absolute atomic E-state index is 0.0156. The average Bonchev–Trinajstić information content (AvgIpc) is 3.38. The Bertz CT molecular complexity index is 644. The van der Waals surface area contributed by atoms with Gasteiger partial charge in [0.05, 0.1) is 5.92 Å². The number of aromatic nitrogens is 1. The van der Waals surface area contributed by atoms with Gasteiger partial charge in [-0.15, -0.1) is 0 Å². The van der Waals surface area contributed by atoms with Crippen LogP contribution >= 0.6 is 0 Å². The molecular formula is C20H28N4O2. The molecule has 0 radical (unpaired) electrons. The zero-order valence-corrected chi connectivity index (χ0v) is 15.3. The van der Waals surface area contributed by atoms with Crippen molar-refractivity contribution in [3.8, 4) is 0 Å². The number of nitrogens with zero attached hydrogens (tertiary/aromatic N) is 3. The van der Waals surface area contributed by atoms with E-state index in [1.807, 2.05) is 18.2 Å². The number of hydrogen-bond donors (Lipinski definition) is 1. The molecule has 3 fully saturated rings. The maximum Gasteiger partial charge on any atom is 0.229 e. The molecule has 2 aliphatic heterocycles. The van der Waals surface area contributed by atoms with Crippen LogP contribution in [0.1, 0.15) is 38.5 Å². The second kappa shape index (κ2) is 7.74. The van der Waals surface area contributed by atoms with Crippen molar-refractivity contribution in [1.82, 2.24) is 15.2 Å². The van der Waals surface area contributed by atoms with Gasteiger partial charge in [-0.25, -0.2) is 4.98 Å². The lowest BCUT2D eigenvalue weighted by Crippen LogP contribution is -2.41. The smallest absolute Gasteiger partial charge is 0.229 e. The standard InChI is InChI=1S/C20H28N4O2/c25-19-11-16(13-24(19)18-7-3-4-9-21-18)20(26)22-17-8-10-23(14-17)12-15-5-1-2-6-15/h3-4,7,9,15-17H,1-2,5-6,8,10-14H2,(H,22,26)/t16-,17-/m1/s1. The Labute approximate surface area is 155 Å². The fourth-order valence-corrected chi connectivity index (χ4v) is 4.61. The Kier molecular flexibility index (Phi) is 5.20. The highest BCUT2D eigenvalue weighted by Crippen LogP contribution is 2.27. The lowest BCUT2D eigenvalue weighted by molar-refractivity contribution is -0.126. The van der Waals surface area contributed by atoms with Crippen LogP contribution in [0.4, 0.5) is 5.82 Å². The largest absolute Gasteiger partial charge is 0.352 e. The van der Waals surface area contributed by atoms with Crippen LogP contribution in [-0.2, 0) is 9.59 Å². The summed E-state index contributed by atoms with van der Waals surface area (Å²) in [4.78, 5) is 33.3. The number of rotatable bonds is 5. The first-order valence-corrected chi connectivity index (χ1v) is 9.93. The molecular weight excluding hydrogens is 328 g/mol. The quantitative estimate of drug-likeness (QED) is 0.874. The van der Waals surface area contributed by atoms with Gasteiger partial charge in [-0.2, -0.15) is 0 Å². The molecule has 1 aromatic heterocycles. The number of amides is 2.